The van der Waals surface area contributed by atoms with Crippen LogP contribution in [0.2, 0.25) is 0 Å². The van der Waals surface area contributed by atoms with Crippen LogP contribution in [-0.4, -0.2) is 35.2 Å². The molecular formula is C27H22N4O2S3. The summed E-state index contributed by atoms with van der Waals surface area (Å²) in [6.07, 6.45) is 1.62. The Labute approximate surface area is 221 Å². The number of carbonyl (C=O) groups excluding carboxylic acids is 1. The average molecular weight is 531 g/mol. The fourth-order valence-corrected chi connectivity index (χ4v) is 6.60. The van der Waals surface area contributed by atoms with Gasteiger partial charge in [-0.1, -0.05) is 108 Å². The Morgan fingerprint density at radius 1 is 0.917 bits per heavy atom. The summed E-state index contributed by atoms with van der Waals surface area (Å²) in [4.78, 5) is 12.3. The van der Waals surface area contributed by atoms with E-state index in [-0.39, 0.29) is 11.7 Å². The minimum atomic E-state index is -0.212. The van der Waals surface area contributed by atoms with E-state index >= 15 is 0 Å². The van der Waals surface area contributed by atoms with E-state index in [1.54, 1.807) is 25.1 Å². The van der Waals surface area contributed by atoms with E-state index in [0.717, 1.165) is 30.8 Å². The van der Waals surface area contributed by atoms with Gasteiger partial charge in [-0.2, -0.15) is 5.10 Å². The first-order valence-electron chi connectivity index (χ1n) is 11.1. The lowest BCUT2D eigenvalue weighted by Crippen LogP contribution is -2.19. The Hall–Kier alpha value is -3.40. The van der Waals surface area contributed by atoms with Crippen LogP contribution >= 0.6 is 34.9 Å². The van der Waals surface area contributed by atoms with Crippen molar-refractivity contribution in [1.82, 2.24) is 15.6 Å². The van der Waals surface area contributed by atoms with Crippen molar-refractivity contribution in [2.24, 2.45) is 5.10 Å². The van der Waals surface area contributed by atoms with Gasteiger partial charge in [0.1, 0.15) is 5.75 Å². The van der Waals surface area contributed by atoms with E-state index in [4.69, 9.17) is 4.74 Å². The monoisotopic (exact) mass is 530 g/mol. The molecule has 180 valence electrons. The van der Waals surface area contributed by atoms with Crippen LogP contribution in [0.4, 0.5) is 0 Å². The largest absolute Gasteiger partial charge is 0.496 e. The van der Waals surface area contributed by atoms with Crippen molar-refractivity contribution in [3.05, 3.63) is 90.0 Å². The van der Waals surface area contributed by atoms with Crippen LogP contribution in [-0.2, 0) is 10.5 Å². The number of nitrogens with one attached hydrogen (secondary N) is 1. The smallest absolute Gasteiger partial charge is 0.250 e. The molecule has 0 aliphatic rings. The number of amides is 1. The predicted octanol–water partition coefficient (Wildman–Crippen LogP) is 6.39. The summed E-state index contributed by atoms with van der Waals surface area (Å²) < 4.78 is 7.10. The molecule has 9 heteroatoms. The lowest BCUT2D eigenvalue weighted by molar-refractivity contribution is -0.118. The maximum absolute atomic E-state index is 12.3. The first kappa shape index (κ1) is 24.3. The summed E-state index contributed by atoms with van der Waals surface area (Å²) in [7, 11) is 1.62. The molecule has 6 nitrogen and oxygen atoms in total. The number of carbonyl (C=O) groups is 1. The van der Waals surface area contributed by atoms with E-state index in [1.807, 2.05) is 36.4 Å². The lowest BCUT2D eigenvalue weighted by Gasteiger charge is -2.08. The van der Waals surface area contributed by atoms with Crippen LogP contribution in [0.25, 0.3) is 21.5 Å². The van der Waals surface area contributed by atoms with Gasteiger partial charge in [-0.25, -0.2) is 5.43 Å². The first-order chi connectivity index (χ1) is 17.7. The Bertz CT molecular complexity index is 1550. The van der Waals surface area contributed by atoms with E-state index in [0.29, 0.717) is 5.75 Å². The van der Waals surface area contributed by atoms with E-state index in [2.05, 4.69) is 63.2 Å². The van der Waals surface area contributed by atoms with Gasteiger partial charge in [0, 0.05) is 11.3 Å². The van der Waals surface area contributed by atoms with E-state index < -0.39 is 0 Å². The van der Waals surface area contributed by atoms with Crippen LogP contribution < -0.4 is 10.2 Å². The third-order valence-electron chi connectivity index (χ3n) is 5.48. The molecule has 0 saturated heterocycles. The number of aromatic nitrogens is 2. The van der Waals surface area contributed by atoms with Crippen molar-refractivity contribution < 1.29 is 9.53 Å². The molecule has 0 unspecified atom stereocenters. The Morgan fingerprint density at radius 3 is 2.42 bits per heavy atom. The number of rotatable bonds is 9. The average Bonchev–Trinajstić information content (AvgIpc) is 3.38. The normalized spacial score (nSPS) is 11.4. The summed E-state index contributed by atoms with van der Waals surface area (Å²) in [6.45, 7) is 0. The number of ether oxygens (including phenoxy) is 1. The summed E-state index contributed by atoms with van der Waals surface area (Å²) in [5.74, 6) is 1.50. The van der Waals surface area contributed by atoms with Crippen molar-refractivity contribution >= 4 is 68.5 Å². The van der Waals surface area contributed by atoms with Gasteiger partial charge in [0.15, 0.2) is 8.68 Å². The number of nitrogens with zero attached hydrogens (tertiary/aromatic N) is 3. The molecule has 1 aromatic heterocycles. The molecule has 1 N–H and O–H groups in total. The summed E-state index contributed by atoms with van der Waals surface area (Å²) in [5.41, 5.74) is 4.68. The molecule has 0 fully saturated rings. The number of hydrogen-bond donors (Lipinski definition) is 1. The van der Waals surface area contributed by atoms with Gasteiger partial charge < -0.3 is 4.74 Å². The molecule has 5 rings (SSSR count). The fraction of sp³-hybridized carbons (Fsp3) is 0.111. The zero-order chi connectivity index (χ0) is 24.7. The highest BCUT2D eigenvalue weighted by molar-refractivity contribution is 8.03. The van der Waals surface area contributed by atoms with Crippen molar-refractivity contribution in [2.75, 3.05) is 12.9 Å². The van der Waals surface area contributed by atoms with Crippen molar-refractivity contribution in [3.8, 4) is 5.75 Å². The maximum atomic E-state index is 12.3. The second-order valence-corrected chi connectivity index (χ2v) is 11.2. The quantitative estimate of drug-likeness (QED) is 0.135. The molecule has 1 amide bonds. The molecule has 0 spiro atoms. The Morgan fingerprint density at radius 2 is 1.61 bits per heavy atom. The van der Waals surface area contributed by atoms with Crippen LogP contribution in [0.5, 0.6) is 5.75 Å². The number of fused-ring (bicyclic) bond motifs is 2. The zero-order valence-corrected chi connectivity index (χ0v) is 21.8. The molecule has 4 aromatic carbocycles. The van der Waals surface area contributed by atoms with Gasteiger partial charge in [-0.3, -0.25) is 4.79 Å². The van der Waals surface area contributed by atoms with E-state index in [9.17, 15) is 4.79 Å². The van der Waals surface area contributed by atoms with Gasteiger partial charge in [0.25, 0.3) is 5.91 Å². The molecule has 0 aliphatic carbocycles. The highest BCUT2D eigenvalue weighted by Gasteiger charge is 2.10. The molecule has 0 bridgehead atoms. The standard InChI is InChI=1S/C27H22N4O2S3/c1-33-24-14-13-19-8-3-5-12-22(19)23(24)15-28-29-25(32)17-35-27-31-30-26(36-27)34-16-20-10-6-9-18-7-2-4-11-21(18)20/h2-15H,16-17H2,1H3,(H,29,32)/b28-15+. The minimum Gasteiger partial charge on any atom is -0.496 e. The Kier molecular flexibility index (Phi) is 7.80. The summed E-state index contributed by atoms with van der Waals surface area (Å²) in [6, 6.07) is 26.6. The zero-order valence-electron chi connectivity index (χ0n) is 19.4. The molecule has 0 aliphatic heterocycles. The molecule has 0 saturated carbocycles. The number of benzene rings is 4. The number of methoxy groups -OCH3 is 1. The topological polar surface area (TPSA) is 76.5 Å². The molecule has 5 aromatic rings. The van der Waals surface area contributed by atoms with Gasteiger partial charge in [-0.15, -0.1) is 10.2 Å². The fourth-order valence-electron chi connectivity index (χ4n) is 3.79. The van der Waals surface area contributed by atoms with Gasteiger partial charge in [-0.05, 0) is 33.2 Å². The van der Waals surface area contributed by atoms with Crippen molar-refractivity contribution in [1.29, 1.82) is 0 Å². The maximum Gasteiger partial charge on any atom is 0.250 e. The molecule has 0 radical (unpaired) electrons. The number of hydrogen-bond acceptors (Lipinski definition) is 8. The number of hydrazone groups is 1. The molecular weight excluding hydrogens is 509 g/mol. The number of thioether (sulfide) groups is 2. The predicted molar refractivity (Wildman–Crippen MR) is 150 cm³/mol. The third kappa shape index (κ3) is 5.70. The summed E-state index contributed by atoms with van der Waals surface area (Å²) >= 11 is 4.50. The molecule has 1 heterocycles. The minimum absolute atomic E-state index is 0.201. The second-order valence-electron chi connectivity index (χ2n) is 7.75. The van der Waals surface area contributed by atoms with E-state index in [1.165, 1.54) is 39.4 Å². The first-order valence-corrected chi connectivity index (χ1v) is 13.9. The molecule has 36 heavy (non-hydrogen) atoms. The lowest BCUT2D eigenvalue weighted by atomic mass is 10.0. The van der Waals surface area contributed by atoms with Crippen LogP contribution in [0.15, 0.2) is 92.6 Å². The SMILES string of the molecule is COc1ccc2ccccc2c1/C=N/NC(=O)CSc1nnc(SCc2cccc3ccccc23)s1. The van der Waals surface area contributed by atoms with Gasteiger partial charge >= 0.3 is 0 Å². The Balaban J connectivity index is 1.15. The van der Waals surface area contributed by atoms with Crippen LogP contribution in [0.1, 0.15) is 11.1 Å². The van der Waals surface area contributed by atoms with Crippen LogP contribution in [0, 0.1) is 0 Å². The van der Waals surface area contributed by atoms with Gasteiger partial charge in [0.2, 0.25) is 0 Å². The van der Waals surface area contributed by atoms with Gasteiger partial charge in [0.05, 0.1) is 19.1 Å². The van der Waals surface area contributed by atoms with Crippen LogP contribution in [0.3, 0.4) is 0 Å². The highest BCUT2D eigenvalue weighted by atomic mass is 32.2. The third-order valence-corrected chi connectivity index (χ3v) is 8.72. The summed E-state index contributed by atoms with van der Waals surface area (Å²) in [5, 5.41) is 17.2. The highest BCUT2D eigenvalue weighted by Crippen LogP contribution is 2.32. The second kappa shape index (κ2) is 11.6. The molecule has 0 atom stereocenters. The van der Waals surface area contributed by atoms with Crippen molar-refractivity contribution in [2.45, 2.75) is 14.4 Å². The van der Waals surface area contributed by atoms with Crippen molar-refractivity contribution in [3.63, 3.8) is 0 Å².